The van der Waals surface area contributed by atoms with Crippen molar-refractivity contribution in [2.75, 3.05) is 10.8 Å². The van der Waals surface area contributed by atoms with Crippen molar-refractivity contribution < 1.29 is 13.2 Å². The lowest BCUT2D eigenvalue weighted by Gasteiger charge is -2.23. The maximum Gasteiger partial charge on any atom is 0.264 e. The number of hydrogen-bond acceptors (Lipinski definition) is 4. The zero-order valence-corrected chi connectivity index (χ0v) is 23.1. The lowest BCUT2D eigenvalue weighted by atomic mass is 10.2. The first-order valence-electron chi connectivity index (χ1n) is 11.6. The van der Waals surface area contributed by atoms with Gasteiger partial charge in [-0.3, -0.25) is 9.10 Å². The average molecular weight is 580 g/mol. The molecule has 0 saturated carbocycles. The van der Waals surface area contributed by atoms with Crippen molar-refractivity contribution in [2.24, 2.45) is 5.10 Å². The Morgan fingerprint density at radius 3 is 2.41 bits per heavy atom. The van der Waals surface area contributed by atoms with Gasteiger partial charge < -0.3 is 4.57 Å². The molecule has 0 bridgehead atoms. The molecule has 4 aromatic rings. The molecule has 0 aliphatic rings. The van der Waals surface area contributed by atoms with E-state index in [1.807, 2.05) is 45.0 Å². The van der Waals surface area contributed by atoms with Crippen LogP contribution in [0.4, 0.5) is 5.69 Å². The Morgan fingerprint density at radius 2 is 1.70 bits per heavy atom. The maximum absolute atomic E-state index is 13.4. The molecule has 4 rings (SSSR count). The molecule has 0 spiro atoms. The van der Waals surface area contributed by atoms with E-state index < -0.39 is 22.5 Å². The van der Waals surface area contributed by atoms with E-state index in [-0.39, 0.29) is 4.90 Å². The van der Waals surface area contributed by atoms with Crippen LogP contribution < -0.4 is 9.73 Å². The first kappa shape index (κ1) is 26.4. The van der Waals surface area contributed by atoms with Gasteiger partial charge in [0.2, 0.25) is 0 Å². The summed E-state index contributed by atoms with van der Waals surface area (Å²) in [6.07, 6.45) is 1.57. The zero-order valence-electron chi connectivity index (χ0n) is 20.7. The number of amides is 1. The van der Waals surface area contributed by atoms with Crippen molar-refractivity contribution in [1.82, 2.24) is 9.99 Å². The molecule has 1 N–H and O–H groups in total. The number of sulfonamides is 1. The average Bonchev–Trinajstić information content (AvgIpc) is 3.15. The summed E-state index contributed by atoms with van der Waals surface area (Å²) in [4.78, 5) is 12.9. The van der Waals surface area contributed by atoms with Gasteiger partial charge in [0.05, 0.1) is 16.8 Å². The van der Waals surface area contributed by atoms with Crippen LogP contribution in [0.15, 0.2) is 99.4 Å². The summed E-state index contributed by atoms with van der Waals surface area (Å²) >= 11 is 3.38. The van der Waals surface area contributed by atoms with Gasteiger partial charge in [-0.2, -0.15) is 5.10 Å². The largest absolute Gasteiger partial charge is 0.318 e. The third-order valence-corrected chi connectivity index (χ3v) is 8.12. The number of rotatable bonds is 8. The number of halogens is 1. The molecule has 0 fully saturated rings. The summed E-state index contributed by atoms with van der Waals surface area (Å²) in [5.74, 6) is -0.566. The van der Waals surface area contributed by atoms with Crippen LogP contribution in [0.1, 0.15) is 22.5 Å². The fraction of sp³-hybridized carbons (Fsp3) is 0.143. The van der Waals surface area contributed by atoms with E-state index in [4.69, 9.17) is 0 Å². The molecule has 1 aromatic heterocycles. The Bertz CT molecular complexity index is 1560. The second kappa shape index (κ2) is 11.1. The Hall–Kier alpha value is -3.69. The molecular formula is C28H27BrN4O3S. The second-order valence-corrected chi connectivity index (χ2v) is 11.4. The maximum atomic E-state index is 13.4. The molecule has 190 valence electrons. The summed E-state index contributed by atoms with van der Waals surface area (Å²) in [6, 6.07) is 25.0. The highest BCUT2D eigenvalue weighted by Crippen LogP contribution is 2.26. The van der Waals surface area contributed by atoms with Crippen molar-refractivity contribution in [3.63, 3.8) is 0 Å². The first-order chi connectivity index (χ1) is 17.7. The van der Waals surface area contributed by atoms with E-state index in [1.54, 1.807) is 48.7 Å². The van der Waals surface area contributed by atoms with Gasteiger partial charge in [-0.1, -0.05) is 52.3 Å². The van der Waals surface area contributed by atoms with E-state index in [2.05, 4.69) is 37.1 Å². The molecule has 7 nitrogen and oxygen atoms in total. The van der Waals surface area contributed by atoms with Crippen molar-refractivity contribution >= 4 is 43.8 Å². The van der Waals surface area contributed by atoms with Crippen LogP contribution in [0.2, 0.25) is 0 Å². The van der Waals surface area contributed by atoms with Crippen LogP contribution in [0.3, 0.4) is 0 Å². The van der Waals surface area contributed by atoms with Crippen molar-refractivity contribution in [3.8, 4) is 5.69 Å². The van der Waals surface area contributed by atoms with Gasteiger partial charge in [0.15, 0.2) is 0 Å². The number of hydrogen-bond donors (Lipinski definition) is 1. The monoisotopic (exact) mass is 578 g/mol. The van der Waals surface area contributed by atoms with Gasteiger partial charge >= 0.3 is 0 Å². The summed E-state index contributed by atoms with van der Waals surface area (Å²) in [5, 5.41) is 4.12. The summed E-state index contributed by atoms with van der Waals surface area (Å²) in [6.45, 7) is 5.60. The van der Waals surface area contributed by atoms with Gasteiger partial charge in [-0.05, 0) is 74.9 Å². The molecule has 0 aliphatic heterocycles. The highest BCUT2D eigenvalue weighted by molar-refractivity contribution is 9.10. The number of anilines is 1. The molecule has 0 unspecified atom stereocenters. The predicted octanol–water partition coefficient (Wildman–Crippen LogP) is 5.51. The quantitative estimate of drug-likeness (QED) is 0.221. The molecule has 1 amide bonds. The lowest BCUT2D eigenvalue weighted by Crippen LogP contribution is -2.39. The predicted molar refractivity (Wildman–Crippen MR) is 151 cm³/mol. The third-order valence-electron chi connectivity index (χ3n) is 5.84. The van der Waals surface area contributed by atoms with Crippen LogP contribution in [0, 0.1) is 20.8 Å². The number of nitrogens with zero attached hydrogens (tertiary/aromatic N) is 3. The van der Waals surface area contributed by atoms with Crippen molar-refractivity contribution in [1.29, 1.82) is 0 Å². The number of nitrogens with one attached hydrogen (secondary N) is 1. The van der Waals surface area contributed by atoms with E-state index in [0.29, 0.717) is 10.2 Å². The smallest absolute Gasteiger partial charge is 0.264 e. The highest BCUT2D eigenvalue weighted by Gasteiger charge is 2.27. The Kier molecular flexibility index (Phi) is 7.94. The summed E-state index contributed by atoms with van der Waals surface area (Å²) in [5.41, 5.74) is 7.90. The van der Waals surface area contributed by atoms with Crippen LogP contribution in [-0.4, -0.2) is 31.7 Å². The molecule has 37 heavy (non-hydrogen) atoms. The van der Waals surface area contributed by atoms with Crippen molar-refractivity contribution in [2.45, 2.75) is 25.7 Å². The van der Waals surface area contributed by atoms with E-state index in [1.165, 1.54) is 12.1 Å². The van der Waals surface area contributed by atoms with Crippen LogP contribution in [0.25, 0.3) is 5.69 Å². The van der Waals surface area contributed by atoms with Crippen LogP contribution in [-0.2, 0) is 14.8 Å². The van der Waals surface area contributed by atoms with Gasteiger partial charge in [0.1, 0.15) is 6.54 Å². The second-order valence-electron chi connectivity index (χ2n) is 8.60. The number of aromatic nitrogens is 1. The molecule has 3 aromatic carbocycles. The molecule has 1 heterocycles. The van der Waals surface area contributed by atoms with Gasteiger partial charge in [-0.25, -0.2) is 13.8 Å². The summed E-state index contributed by atoms with van der Waals surface area (Å²) < 4.78 is 30.7. The number of benzene rings is 3. The molecule has 0 saturated heterocycles. The molecule has 0 aliphatic carbocycles. The lowest BCUT2D eigenvalue weighted by molar-refractivity contribution is -0.119. The number of hydrazone groups is 1. The first-order valence-corrected chi connectivity index (χ1v) is 13.8. The van der Waals surface area contributed by atoms with E-state index >= 15 is 0 Å². The molecule has 9 heteroatoms. The minimum absolute atomic E-state index is 0.0925. The number of aryl methyl sites for hydroxylation is 2. The fourth-order valence-electron chi connectivity index (χ4n) is 4.09. The SMILES string of the molecule is Cc1cccc(-n2c(C)cc(/C=N\NC(=O)CN(c3cccc(Br)c3)S(=O)(=O)c3ccccc3)c2C)c1. The number of carbonyl (C=O) groups excluding carboxylic acids is 1. The van der Waals surface area contributed by atoms with E-state index in [9.17, 15) is 13.2 Å². The molecular weight excluding hydrogens is 552 g/mol. The van der Waals surface area contributed by atoms with Gasteiger partial charge in [0.25, 0.3) is 15.9 Å². The standard InChI is InChI=1S/C28H27BrN4O3S/c1-20-9-7-12-26(15-20)33-21(2)16-23(22(33)3)18-30-31-28(34)19-32(25-11-8-10-24(29)17-25)37(35,36)27-13-5-4-6-14-27/h4-18H,19H2,1-3H3,(H,31,34)/b30-18-. The fourth-order valence-corrected chi connectivity index (χ4v) is 5.91. The molecule has 0 atom stereocenters. The topological polar surface area (TPSA) is 83.8 Å². The normalized spacial score (nSPS) is 11.6. The molecule has 0 radical (unpaired) electrons. The Morgan fingerprint density at radius 1 is 0.973 bits per heavy atom. The zero-order chi connectivity index (χ0) is 26.6. The minimum atomic E-state index is -3.99. The van der Waals surface area contributed by atoms with Crippen LogP contribution in [0.5, 0.6) is 0 Å². The van der Waals surface area contributed by atoms with Gasteiger partial charge in [0, 0.05) is 27.1 Å². The Balaban J connectivity index is 1.55. The summed E-state index contributed by atoms with van der Waals surface area (Å²) in [7, 11) is -3.99. The number of carbonyl (C=O) groups is 1. The van der Waals surface area contributed by atoms with Crippen LogP contribution >= 0.6 is 15.9 Å². The Labute approximate surface area is 225 Å². The van der Waals surface area contributed by atoms with Gasteiger partial charge in [-0.15, -0.1) is 0 Å². The van der Waals surface area contributed by atoms with E-state index in [0.717, 1.165) is 32.5 Å². The third kappa shape index (κ3) is 6.00. The van der Waals surface area contributed by atoms with Crippen molar-refractivity contribution in [3.05, 3.63) is 112 Å². The highest BCUT2D eigenvalue weighted by atomic mass is 79.9. The minimum Gasteiger partial charge on any atom is -0.318 e.